The van der Waals surface area contributed by atoms with Gasteiger partial charge in [0.1, 0.15) is 5.82 Å². The van der Waals surface area contributed by atoms with E-state index in [-0.39, 0.29) is 16.6 Å². The SMILES string of the molecule is CC(C)(C)c1cc(Cl)c(C(C)(C)C)cc1F. The van der Waals surface area contributed by atoms with Crippen LogP contribution in [0.3, 0.4) is 0 Å². The second-order valence-electron chi connectivity index (χ2n) is 6.31. The maximum Gasteiger partial charge on any atom is 0.127 e. The standard InChI is InChI=1S/C14H20ClF/c1-13(2,3)9-8-12(16)10(7-11(9)15)14(4,5)6/h7-8H,1-6H3. The fraction of sp³-hybridized carbons (Fsp3) is 0.571. The average Bonchev–Trinajstić information content (AvgIpc) is 2.04. The molecule has 0 saturated carbocycles. The van der Waals surface area contributed by atoms with Gasteiger partial charge in [-0.3, -0.25) is 0 Å². The Hall–Kier alpha value is -0.560. The van der Waals surface area contributed by atoms with Crippen molar-refractivity contribution in [1.29, 1.82) is 0 Å². The molecule has 0 heterocycles. The first-order valence-electron chi connectivity index (χ1n) is 5.53. The molecule has 90 valence electrons. The molecule has 1 aromatic rings. The van der Waals surface area contributed by atoms with Gasteiger partial charge in [0.05, 0.1) is 0 Å². The van der Waals surface area contributed by atoms with Gasteiger partial charge in [0.2, 0.25) is 0 Å². The minimum Gasteiger partial charge on any atom is -0.207 e. The van der Waals surface area contributed by atoms with E-state index in [0.29, 0.717) is 10.6 Å². The van der Waals surface area contributed by atoms with Crippen LogP contribution in [0.15, 0.2) is 12.1 Å². The van der Waals surface area contributed by atoms with Gasteiger partial charge in [0.25, 0.3) is 0 Å². The number of rotatable bonds is 0. The number of hydrogen-bond acceptors (Lipinski definition) is 0. The molecule has 0 aliphatic carbocycles. The lowest BCUT2D eigenvalue weighted by atomic mass is 9.82. The van der Waals surface area contributed by atoms with Crippen molar-refractivity contribution in [2.45, 2.75) is 52.4 Å². The highest BCUT2D eigenvalue weighted by Crippen LogP contribution is 2.35. The summed E-state index contributed by atoms with van der Waals surface area (Å²) in [6.45, 7) is 12.1. The highest BCUT2D eigenvalue weighted by Gasteiger charge is 2.24. The largest absolute Gasteiger partial charge is 0.207 e. The molecule has 16 heavy (non-hydrogen) atoms. The summed E-state index contributed by atoms with van der Waals surface area (Å²) in [5.41, 5.74) is 1.18. The van der Waals surface area contributed by atoms with Crippen molar-refractivity contribution in [3.8, 4) is 0 Å². The smallest absolute Gasteiger partial charge is 0.127 e. The predicted molar refractivity (Wildman–Crippen MR) is 68.8 cm³/mol. The molecule has 0 bridgehead atoms. The Morgan fingerprint density at radius 3 is 1.69 bits per heavy atom. The van der Waals surface area contributed by atoms with Gasteiger partial charge in [0, 0.05) is 5.02 Å². The van der Waals surface area contributed by atoms with Crippen LogP contribution < -0.4 is 0 Å². The number of benzene rings is 1. The summed E-state index contributed by atoms with van der Waals surface area (Å²) < 4.78 is 14.0. The lowest BCUT2D eigenvalue weighted by molar-refractivity contribution is 0.513. The first-order chi connectivity index (χ1) is 7.03. The third-order valence-corrected chi connectivity index (χ3v) is 2.99. The molecule has 0 saturated heterocycles. The molecule has 0 aromatic heterocycles. The summed E-state index contributed by atoms with van der Waals surface area (Å²) in [4.78, 5) is 0. The van der Waals surface area contributed by atoms with Crippen LogP contribution in [0.25, 0.3) is 0 Å². The Bertz CT molecular complexity index is 355. The topological polar surface area (TPSA) is 0 Å². The first kappa shape index (κ1) is 13.5. The van der Waals surface area contributed by atoms with E-state index in [1.165, 1.54) is 0 Å². The van der Waals surface area contributed by atoms with Gasteiger partial charge >= 0.3 is 0 Å². The summed E-state index contributed by atoms with van der Waals surface area (Å²) >= 11 is 6.23. The Labute approximate surface area is 103 Å². The summed E-state index contributed by atoms with van der Waals surface area (Å²) in [6.07, 6.45) is 0. The van der Waals surface area contributed by atoms with Crippen LogP contribution in [0.4, 0.5) is 4.39 Å². The third-order valence-electron chi connectivity index (χ3n) is 2.67. The normalized spacial score (nSPS) is 13.0. The van der Waals surface area contributed by atoms with Crippen LogP contribution in [-0.4, -0.2) is 0 Å². The average molecular weight is 243 g/mol. The Balaban J connectivity index is 3.40. The lowest BCUT2D eigenvalue weighted by Crippen LogP contribution is -2.17. The number of halogens is 2. The Morgan fingerprint density at radius 2 is 1.31 bits per heavy atom. The molecule has 0 nitrogen and oxygen atoms in total. The van der Waals surface area contributed by atoms with E-state index < -0.39 is 0 Å². The van der Waals surface area contributed by atoms with E-state index in [1.54, 1.807) is 12.1 Å². The molecule has 0 amide bonds. The maximum atomic E-state index is 14.0. The Kier molecular flexibility index (Phi) is 3.40. The highest BCUT2D eigenvalue weighted by molar-refractivity contribution is 6.31. The van der Waals surface area contributed by atoms with E-state index in [1.807, 2.05) is 41.5 Å². The van der Waals surface area contributed by atoms with Crippen molar-refractivity contribution in [2.75, 3.05) is 0 Å². The molecule has 1 rings (SSSR count). The summed E-state index contributed by atoms with van der Waals surface area (Å²) in [5, 5.41) is 0.652. The molecular formula is C14H20ClF. The molecule has 0 aliphatic heterocycles. The molecule has 2 heteroatoms. The van der Waals surface area contributed by atoms with Crippen LogP contribution in [0.2, 0.25) is 5.02 Å². The van der Waals surface area contributed by atoms with E-state index >= 15 is 0 Å². The molecular weight excluding hydrogens is 223 g/mol. The summed E-state index contributed by atoms with van der Waals surface area (Å²) in [7, 11) is 0. The van der Waals surface area contributed by atoms with Crippen LogP contribution in [0.5, 0.6) is 0 Å². The molecule has 0 N–H and O–H groups in total. The summed E-state index contributed by atoms with van der Waals surface area (Å²) in [5.74, 6) is -0.165. The van der Waals surface area contributed by atoms with E-state index in [0.717, 1.165) is 5.56 Å². The van der Waals surface area contributed by atoms with Crippen LogP contribution in [0.1, 0.15) is 52.7 Å². The van der Waals surface area contributed by atoms with Crippen LogP contribution >= 0.6 is 11.6 Å². The van der Waals surface area contributed by atoms with Crippen LogP contribution in [0, 0.1) is 5.82 Å². The third kappa shape index (κ3) is 2.76. The first-order valence-corrected chi connectivity index (χ1v) is 5.91. The fourth-order valence-electron chi connectivity index (χ4n) is 1.70. The number of hydrogen-bond donors (Lipinski definition) is 0. The van der Waals surface area contributed by atoms with Gasteiger partial charge in [-0.05, 0) is 34.1 Å². The second-order valence-corrected chi connectivity index (χ2v) is 6.72. The van der Waals surface area contributed by atoms with E-state index in [2.05, 4.69) is 0 Å². The van der Waals surface area contributed by atoms with Gasteiger partial charge in [-0.25, -0.2) is 4.39 Å². The van der Waals surface area contributed by atoms with Crippen molar-refractivity contribution >= 4 is 11.6 Å². The predicted octanol–water partition coefficient (Wildman–Crippen LogP) is 5.07. The molecule has 0 aliphatic rings. The highest BCUT2D eigenvalue weighted by atomic mass is 35.5. The van der Waals surface area contributed by atoms with Crippen molar-refractivity contribution in [3.63, 3.8) is 0 Å². The van der Waals surface area contributed by atoms with Crippen LogP contribution in [-0.2, 0) is 10.8 Å². The molecule has 0 unspecified atom stereocenters. The van der Waals surface area contributed by atoms with Crippen molar-refractivity contribution in [3.05, 3.63) is 34.1 Å². The zero-order valence-corrected chi connectivity index (χ0v) is 11.7. The van der Waals surface area contributed by atoms with Gasteiger partial charge in [-0.2, -0.15) is 0 Å². The van der Waals surface area contributed by atoms with Crippen molar-refractivity contribution < 1.29 is 4.39 Å². The zero-order valence-electron chi connectivity index (χ0n) is 10.9. The summed E-state index contributed by atoms with van der Waals surface area (Å²) in [6, 6.07) is 3.33. The van der Waals surface area contributed by atoms with Crippen molar-refractivity contribution in [1.82, 2.24) is 0 Å². The molecule has 0 atom stereocenters. The monoisotopic (exact) mass is 242 g/mol. The van der Waals surface area contributed by atoms with Gasteiger partial charge in [-0.15, -0.1) is 0 Å². The molecule has 0 fully saturated rings. The van der Waals surface area contributed by atoms with E-state index in [9.17, 15) is 4.39 Å². The quantitative estimate of drug-likeness (QED) is 0.596. The van der Waals surface area contributed by atoms with Gasteiger partial charge in [-0.1, -0.05) is 53.1 Å². The Morgan fingerprint density at radius 1 is 0.875 bits per heavy atom. The molecule has 0 radical (unpaired) electrons. The van der Waals surface area contributed by atoms with Gasteiger partial charge < -0.3 is 0 Å². The molecule has 1 aromatic carbocycles. The second kappa shape index (κ2) is 4.03. The maximum absolute atomic E-state index is 14.0. The zero-order chi connectivity index (χ0) is 12.7. The van der Waals surface area contributed by atoms with Crippen molar-refractivity contribution in [2.24, 2.45) is 0 Å². The van der Waals surface area contributed by atoms with Gasteiger partial charge in [0.15, 0.2) is 0 Å². The fourth-order valence-corrected chi connectivity index (χ4v) is 2.14. The minimum atomic E-state index is -0.218. The van der Waals surface area contributed by atoms with E-state index in [4.69, 9.17) is 11.6 Å². The minimum absolute atomic E-state index is 0.131. The lowest BCUT2D eigenvalue weighted by Gasteiger charge is -2.25. The molecule has 0 spiro atoms.